The second kappa shape index (κ2) is 5.15. The molecule has 0 bridgehead atoms. The summed E-state index contributed by atoms with van der Waals surface area (Å²) in [4.78, 5) is 4.52. The van der Waals surface area contributed by atoms with E-state index in [1.807, 2.05) is 11.6 Å². The number of fused-ring (bicyclic) bond motifs is 1. The molecule has 4 aromatic rings. The van der Waals surface area contributed by atoms with Gasteiger partial charge in [-0.15, -0.1) is 11.3 Å². The predicted molar refractivity (Wildman–Crippen MR) is 90.5 cm³/mol. The Morgan fingerprint density at radius 1 is 0.667 bits per heavy atom. The molecule has 0 amide bonds. The van der Waals surface area contributed by atoms with Gasteiger partial charge in [-0.2, -0.15) is 0 Å². The van der Waals surface area contributed by atoms with Crippen molar-refractivity contribution in [3.8, 4) is 22.3 Å². The van der Waals surface area contributed by atoms with Crippen LogP contribution >= 0.6 is 11.3 Å². The highest BCUT2D eigenvalue weighted by molar-refractivity contribution is 7.16. The maximum absolute atomic E-state index is 4.52. The highest BCUT2D eigenvalue weighted by Crippen LogP contribution is 2.32. The number of thiazole rings is 1. The summed E-state index contributed by atoms with van der Waals surface area (Å²) in [5, 5.41) is 0. The van der Waals surface area contributed by atoms with Crippen molar-refractivity contribution in [1.82, 2.24) is 4.98 Å². The minimum atomic E-state index is 1.09. The Kier molecular flexibility index (Phi) is 3.02. The lowest BCUT2D eigenvalue weighted by Crippen LogP contribution is -1.82. The van der Waals surface area contributed by atoms with Gasteiger partial charge in [0.2, 0.25) is 0 Å². The van der Waals surface area contributed by atoms with Crippen molar-refractivity contribution in [2.45, 2.75) is 0 Å². The van der Waals surface area contributed by atoms with Gasteiger partial charge in [-0.25, -0.2) is 4.98 Å². The van der Waals surface area contributed by atoms with Crippen molar-refractivity contribution in [3.63, 3.8) is 0 Å². The summed E-state index contributed by atoms with van der Waals surface area (Å²) in [6.07, 6.45) is 0. The number of hydrogen-bond donors (Lipinski definition) is 0. The van der Waals surface area contributed by atoms with Crippen molar-refractivity contribution in [1.29, 1.82) is 0 Å². The fourth-order valence-corrected chi connectivity index (χ4v) is 3.32. The third-order valence-corrected chi connectivity index (χ3v) is 4.44. The summed E-state index contributed by atoms with van der Waals surface area (Å²) in [7, 11) is 0. The largest absolute Gasteiger partial charge is 0.244 e. The standard InChI is InChI=1S/C19H13NS/c1-2-6-14(7-3-1)15-8-4-9-16(12-15)17-10-5-11-18-19(17)20-13-21-18/h1-13H. The zero-order valence-electron chi connectivity index (χ0n) is 11.4. The first-order valence-corrected chi connectivity index (χ1v) is 7.78. The third kappa shape index (κ3) is 2.24. The van der Waals surface area contributed by atoms with Gasteiger partial charge >= 0.3 is 0 Å². The van der Waals surface area contributed by atoms with Gasteiger partial charge in [0.1, 0.15) is 0 Å². The zero-order valence-corrected chi connectivity index (χ0v) is 12.2. The quantitative estimate of drug-likeness (QED) is 0.465. The Balaban J connectivity index is 1.88. The predicted octanol–water partition coefficient (Wildman–Crippen LogP) is 5.63. The molecule has 1 nitrogen and oxygen atoms in total. The molecular weight excluding hydrogens is 274 g/mol. The fraction of sp³-hybridized carbons (Fsp3) is 0. The lowest BCUT2D eigenvalue weighted by atomic mass is 9.98. The van der Waals surface area contributed by atoms with Crippen molar-refractivity contribution in [2.24, 2.45) is 0 Å². The zero-order chi connectivity index (χ0) is 14.1. The second-order valence-corrected chi connectivity index (χ2v) is 5.84. The summed E-state index contributed by atoms with van der Waals surface area (Å²) < 4.78 is 1.23. The molecule has 1 aromatic heterocycles. The molecule has 0 aliphatic heterocycles. The smallest absolute Gasteiger partial charge is 0.0890 e. The maximum Gasteiger partial charge on any atom is 0.0890 e. The number of para-hydroxylation sites is 1. The molecule has 0 aliphatic rings. The maximum atomic E-state index is 4.52. The summed E-state index contributed by atoms with van der Waals surface area (Å²) >= 11 is 1.69. The molecule has 0 N–H and O–H groups in total. The van der Waals surface area contributed by atoms with E-state index >= 15 is 0 Å². The fourth-order valence-electron chi connectivity index (χ4n) is 2.62. The van der Waals surface area contributed by atoms with Crippen LogP contribution in [0.5, 0.6) is 0 Å². The molecule has 100 valence electrons. The Morgan fingerprint density at radius 2 is 1.43 bits per heavy atom. The van der Waals surface area contributed by atoms with Crippen LogP contribution in [0.1, 0.15) is 0 Å². The lowest BCUT2D eigenvalue weighted by molar-refractivity contribution is 1.49. The van der Waals surface area contributed by atoms with Crippen LogP contribution in [0.15, 0.2) is 78.3 Å². The number of hydrogen-bond acceptors (Lipinski definition) is 2. The molecule has 0 aliphatic carbocycles. The van der Waals surface area contributed by atoms with Crippen LogP contribution < -0.4 is 0 Å². The first-order chi connectivity index (χ1) is 10.4. The Hall–Kier alpha value is -2.45. The minimum Gasteiger partial charge on any atom is -0.244 e. The molecule has 0 unspecified atom stereocenters. The molecule has 0 saturated carbocycles. The Labute approximate surface area is 127 Å². The SMILES string of the molecule is c1ccc(-c2cccc(-c3cccc4scnc34)c2)cc1. The minimum absolute atomic E-state index is 1.09. The molecular formula is C19H13NS. The average molecular weight is 287 g/mol. The highest BCUT2D eigenvalue weighted by Gasteiger charge is 2.07. The van der Waals surface area contributed by atoms with E-state index in [9.17, 15) is 0 Å². The van der Waals surface area contributed by atoms with Gasteiger partial charge in [0.25, 0.3) is 0 Å². The molecule has 1 heterocycles. The van der Waals surface area contributed by atoms with Crippen LogP contribution in [-0.2, 0) is 0 Å². The molecule has 0 saturated heterocycles. The van der Waals surface area contributed by atoms with Crippen LogP contribution in [0.4, 0.5) is 0 Å². The molecule has 0 radical (unpaired) electrons. The van der Waals surface area contributed by atoms with E-state index in [2.05, 4.69) is 71.7 Å². The molecule has 0 spiro atoms. The van der Waals surface area contributed by atoms with E-state index in [0.717, 1.165) is 5.52 Å². The normalized spacial score (nSPS) is 10.9. The van der Waals surface area contributed by atoms with Crippen LogP contribution in [0, 0.1) is 0 Å². The van der Waals surface area contributed by atoms with Crippen LogP contribution in [-0.4, -0.2) is 4.98 Å². The van der Waals surface area contributed by atoms with Gasteiger partial charge in [-0.05, 0) is 28.8 Å². The third-order valence-electron chi connectivity index (χ3n) is 3.64. The van der Waals surface area contributed by atoms with E-state index in [0.29, 0.717) is 0 Å². The van der Waals surface area contributed by atoms with Gasteiger partial charge in [0.05, 0.1) is 15.7 Å². The van der Waals surface area contributed by atoms with Gasteiger partial charge < -0.3 is 0 Å². The summed E-state index contributed by atoms with van der Waals surface area (Å²) in [6, 6.07) is 25.5. The summed E-state index contributed by atoms with van der Waals surface area (Å²) in [6.45, 7) is 0. The molecule has 0 fully saturated rings. The first kappa shape index (κ1) is 12.3. The van der Waals surface area contributed by atoms with E-state index in [1.165, 1.54) is 27.0 Å². The topological polar surface area (TPSA) is 12.9 Å². The Bertz CT molecular complexity index is 894. The van der Waals surface area contributed by atoms with Crippen LogP contribution in [0.2, 0.25) is 0 Å². The molecule has 21 heavy (non-hydrogen) atoms. The van der Waals surface area contributed by atoms with Crippen molar-refractivity contribution < 1.29 is 0 Å². The van der Waals surface area contributed by atoms with Crippen LogP contribution in [0.3, 0.4) is 0 Å². The van der Waals surface area contributed by atoms with E-state index in [4.69, 9.17) is 0 Å². The Morgan fingerprint density at radius 3 is 2.33 bits per heavy atom. The molecule has 4 rings (SSSR count). The van der Waals surface area contributed by atoms with Crippen LogP contribution in [0.25, 0.3) is 32.5 Å². The van der Waals surface area contributed by atoms with Gasteiger partial charge in [0, 0.05) is 5.56 Å². The van der Waals surface area contributed by atoms with Gasteiger partial charge in [-0.3, -0.25) is 0 Å². The van der Waals surface area contributed by atoms with Gasteiger partial charge in [0.15, 0.2) is 0 Å². The number of rotatable bonds is 2. The molecule has 3 aromatic carbocycles. The monoisotopic (exact) mass is 287 g/mol. The number of nitrogens with zero attached hydrogens (tertiary/aromatic N) is 1. The first-order valence-electron chi connectivity index (χ1n) is 6.90. The average Bonchev–Trinajstić information content (AvgIpc) is 3.04. The van der Waals surface area contributed by atoms with E-state index < -0.39 is 0 Å². The van der Waals surface area contributed by atoms with Crippen molar-refractivity contribution in [3.05, 3.63) is 78.3 Å². The summed E-state index contributed by atoms with van der Waals surface area (Å²) in [5.41, 5.74) is 7.90. The number of benzene rings is 3. The second-order valence-electron chi connectivity index (χ2n) is 4.95. The number of aromatic nitrogens is 1. The van der Waals surface area contributed by atoms with Crippen molar-refractivity contribution in [2.75, 3.05) is 0 Å². The van der Waals surface area contributed by atoms with E-state index in [-0.39, 0.29) is 0 Å². The lowest BCUT2D eigenvalue weighted by Gasteiger charge is -2.06. The van der Waals surface area contributed by atoms with Gasteiger partial charge in [-0.1, -0.05) is 60.7 Å². The van der Waals surface area contributed by atoms with Crippen molar-refractivity contribution >= 4 is 21.6 Å². The van der Waals surface area contributed by atoms with E-state index in [1.54, 1.807) is 11.3 Å². The highest BCUT2D eigenvalue weighted by atomic mass is 32.1. The molecule has 2 heteroatoms. The molecule has 0 atom stereocenters. The summed E-state index contributed by atoms with van der Waals surface area (Å²) in [5.74, 6) is 0.